The highest BCUT2D eigenvalue weighted by Crippen LogP contribution is 2.41. The van der Waals surface area contributed by atoms with Gasteiger partial charge in [-0.05, 0) is 100 Å². The van der Waals surface area contributed by atoms with E-state index in [2.05, 4.69) is 203 Å². The van der Waals surface area contributed by atoms with Crippen LogP contribution < -0.4 is 0 Å². The molecule has 0 aliphatic carbocycles. The molecule has 0 unspecified atom stereocenters. The Morgan fingerprint density at radius 2 is 0.789 bits per heavy atom. The topological polar surface area (TPSA) is 23.0 Å². The summed E-state index contributed by atoms with van der Waals surface area (Å²) < 4.78 is 11.0. The molecule has 0 fully saturated rings. The van der Waals surface area contributed by atoms with E-state index >= 15 is 0 Å². The summed E-state index contributed by atoms with van der Waals surface area (Å²) in [7, 11) is 0. The molecule has 0 saturated carbocycles. The summed E-state index contributed by atoms with van der Waals surface area (Å²) in [6, 6.07) is 74.5. The number of nitrogens with zero attached hydrogens (tertiary/aromatic N) is 2. The fourth-order valence-corrected chi connectivity index (χ4v) is 9.09. The molecule has 0 saturated heterocycles. The van der Waals surface area contributed by atoms with Crippen molar-refractivity contribution in [2.24, 2.45) is 0 Å². The molecular formula is C54H34N2O. The van der Waals surface area contributed by atoms with Gasteiger partial charge in [0.25, 0.3) is 0 Å². The van der Waals surface area contributed by atoms with Crippen LogP contribution in [-0.4, -0.2) is 9.13 Å². The van der Waals surface area contributed by atoms with Gasteiger partial charge in [-0.3, -0.25) is 0 Å². The van der Waals surface area contributed by atoms with E-state index in [0.29, 0.717) is 0 Å². The number of para-hydroxylation sites is 4. The third kappa shape index (κ3) is 4.92. The predicted octanol–water partition coefficient (Wildman–Crippen LogP) is 14.8. The maximum atomic E-state index is 6.18. The zero-order chi connectivity index (χ0) is 37.5. The molecule has 0 radical (unpaired) electrons. The second-order valence-corrected chi connectivity index (χ2v) is 14.9. The van der Waals surface area contributed by atoms with Crippen LogP contribution in [0.15, 0.2) is 211 Å². The Hall–Kier alpha value is -7.62. The van der Waals surface area contributed by atoms with E-state index in [1.165, 1.54) is 71.4 Å². The Kier molecular flexibility index (Phi) is 6.93. The summed E-state index contributed by atoms with van der Waals surface area (Å²) in [5.74, 6) is 0. The van der Waals surface area contributed by atoms with E-state index in [9.17, 15) is 0 Å². The van der Waals surface area contributed by atoms with E-state index in [-0.39, 0.29) is 0 Å². The van der Waals surface area contributed by atoms with Crippen molar-refractivity contribution < 1.29 is 4.42 Å². The van der Waals surface area contributed by atoms with Crippen LogP contribution in [0.1, 0.15) is 0 Å². The average molecular weight is 727 g/mol. The van der Waals surface area contributed by atoms with Gasteiger partial charge < -0.3 is 13.6 Å². The number of hydrogen-bond donors (Lipinski definition) is 0. The maximum Gasteiger partial charge on any atom is 0.136 e. The number of fused-ring (bicyclic) bond motifs is 9. The average Bonchev–Trinajstić information content (AvgIpc) is 3.94. The lowest BCUT2D eigenvalue weighted by Gasteiger charge is -2.12. The van der Waals surface area contributed by atoms with Crippen molar-refractivity contribution in [2.75, 3.05) is 0 Å². The molecule has 57 heavy (non-hydrogen) atoms. The van der Waals surface area contributed by atoms with Crippen LogP contribution in [0.3, 0.4) is 0 Å². The normalized spacial score (nSPS) is 11.9. The van der Waals surface area contributed by atoms with Gasteiger partial charge in [-0.25, -0.2) is 0 Å². The summed E-state index contributed by atoms with van der Waals surface area (Å²) in [5.41, 5.74) is 16.0. The van der Waals surface area contributed by atoms with Crippen LogP contribution in [0.5, 0.6) is 0 Å². The number of furan rings is 1. The first kappa shape index (κ1) is 31.7. The summed E-state index contributed by atoms with van der Waals surface area (Å²) in [5, 5.41) is 7.32. The fraction of sp³-hybridized carbons (Fsp3) is 0. The minimum absolute atomic E-state index is 0.915. The van der Waals surface area contributed by atoms with Gasteiger partial charge in [0.15, 0.2) is 0 Å². The minimum Gasteiger partial charge on any atom is -0.456 e. The number of aromatic nitrogens is 2. The Morgan fingerprint density at radius 1 is 0.281 bits per heavy atom. The monoisotopic (exact) mass is 726 g/mol. The van der Waals surface area contributed by atoms with Gasteiger partial charge in [-0.15, -0.1) is 0 Å². The molecule has 0 bridgehead atoms. The van der Waals surface area contributed by atoms with Crippen molar-refractivity contribution in [1.29, 1.82) is 0 Å². The van der Waals surface area contributed by atoms with Crippen molar-refractivity contribution >= 4 is 65.6 Å². The second kappa shape index (κ2) is 12.5. The largest absolute Gasteiger partial charge is 0.456 e. The number of benzene rings is 9. The molecule has 0 aliphatic rings. The Balaban J connectivity index is 0.939. The van der Waals surface area contributed by atoms with E-state index in [1.54, 1.807) is 0 Å². The van der Waals surface area contributed by atoms with Crippen molar-refractivity contribution in [3.05, 3.63) is 206 Å². The number of hydrogen-bond acceptors (Lipinski definition) is 1. The fourth-order valence-electron chi connectivity index (χ4n) is 9.09. The third-order valence-electron chi connectivity index (χ3n) is 11.8. The molecule has 0 spiro atoms. The molecule has 12 rings (SSSR count). The van der Waals surface area contributed by atoms with E-state index < -0.39 is 0 Å². The number of rotatable bonds is 5. The molecule has 12 aromatic rings. The molecule has 9 aromatic carbocycles. The molecule has 266 valence electrons. The molecule has 0 amide bonds. The van der Waals surface area contributed by atoms with Gasteiger partial charge in [0, 0.05) is 43.7 Å². The van der Waals surface area contributed by atoms with Crippen LogP contribution >= 0.6 is 0 Å². The summed E-state index contributed by atoms with van der Waals surface area (Å²) >= 11 is 0. The molecule has 3 aromatic heterocycles. The maximum absolute atomic E-state index is 6.18. The Labute approximate surface area is 328 Å². The van der Waals surface area contributed by atoms with Crippen LogP contribution in [0, 0.1) is 0 Å². The lowest BCUT2D eigenvalue weighted by Crippen LogP contribution is -1.94. The third-order valence-corrected chi connectivity index (χ3v) is 11.8. The molecule has 3 heterocycles. The van der Waals surface area contributed by atoms with Gasteiger partial charge in [0.2, 0.25) is 0 Å². The molecule has 0 N–H and O–H groups in total. The quantitative estimate of drug-likeness (QED) is 0.173. The van der Waals surface area contributed by atoms with Crippen LogP contribution in [0.2, 0.25) is 0 Å². The van der Waals surface area contributed by atoms with Gasteiger partial charge in [0.1, 0.15) is 11.2 Å². The highest BCUT2D eigenvalue weighted by Gasteiger charge is 2.18. The molecule has 3 heteroatoms. The Morgan fingerprint density at radius 3 is 1.58 bits per heavy atom. The van der Waals surface area contributed by atoms with Crippen molar-refractivity contribution in [1.82, 2.24) is 9.13 Å². The summed E-state index contributed by atoms with van der Waals surface area (Å²) in [4.78, 5) is 0. The van der Waals surface area contributed by atoms with Crippen molar-refractivity contribution in [3.8, 4) is 44.8 Å². The molecule has 0 atom stereocenters. The van der Waals surface area contributed by atoms with Crippen LogP contribution in [-0.2, 0) is 0 Å². The van der Waals surface area contributed by atoms with Crippen LogP contribution in [0.4, 0.5) is 0 Å². The standard InChI is InChI=1S/C54H34N2O/c1-2-11-40(12-3-1)55-49-18-8-5-15-47(49)54-42(16-10-19-50(54)55)39-28-31-44-43-13-4-7-17-48(43)56(51(44)33-39)41-29-25-36(26-30-41)35-21-23-37(24-22-35)38-27-32-46-45-14-6-9-20-52(45)57-53(46)34-38/h1-34H. The van der Waals surface area contributed by atoms with Crippen LogP contribution in [0.25, 0.3) is 110 Å². The first-order valence-corrected chi connectivity index (χ1v) is 19.5. The first-order chi connectivity index (χ1) is 28.3. The van der Waals surface area contributed by atoms with Crippen molar-refractivity contribution in [2.45, 2.75) is 0 Å². The smallest absolute Gasteiger partial charge is 0.136 e. The second-order valence-electron chi connectivity index (χ2n) is 14.9. The molecular weight excluding hydrogens is 693 g/mol. The van der Waals surface area contributed by atoms with E-state index in [1.807, 2.05) is 12.1 Å². The predicted molar refractivity (Wildman–Crippen MR) is 239 cm³/mol. The lowest BCUT2D eigenvalue weighted by atomic mass is 9.98. The highest BCUT2D eigenvalue weighted by molar-refractivity contribution is 6.17. The summed E-state index contributed by atoms with van der Waals surface area (Å²) in [6.45, 7) is 0. The first-order valence-electron chi connectivity index (χ1n) is 19.5. The van der Waals surface area contributed by atoms with E-state index in [4.69, 9.17) is 4.42 Å². The van der Waals surface area contributed by atoms with Gasteiger partial charge in [-0.2, -0.15) is 0 Å². The molecule has 3 nitrogen and oxygen atoms in total. The Bertz CT molecular complexity index is 3490. The SMILES string of the molecule is c1ccc(-n2c3ccccc3c3c(-c4ccc5c6ccccc6n(-c6ccc(-c7ccc(-c8ccc9c(c8)oc8ccccc89)cc7)cc6)c5c4)cccc32)cc1. The lowest BCUT2D eigenvalue weighted by molar-refractivity contribution is 0.669. The van der Waals surface area contributed by atoms with Gasteiger partial charge >= 0.3 is 0 Å². The van der Waals surface area contributed by atoms with Gasteiger partial charge in [0.05, 0.1) is 22.1 Å². The van der Waals surface area contributed by atoms with Crippen molar-refractivity contribution in [3.63, 3.8) is 0 Å². The van der Waals surface area contributed by atoms with Gasteiger partial charge in [-0.1, -0.05) is 140 Å². The molecule has 0 aliphatic heterocycles. The zero-order valence-corrected chi connectivity index (χ0v) is 30.9. The highest BCUT2D eigenvalue weighted by atomic mass is 16.3. The summed E-state index contributed by atoms with van der Waals surface area (Å²) in [6.07, 6.45) is 0. The zero-order valence-electron chi connectivity index (χ0n) is 30.9. The van der Waals surface area contributed by atoms with E-state index in [0.717, 1.165) is 38.9 Å². The minimum atomic E-state index is 0.915.